The first-order valence-corrected chi connectivity index (χ1v) is 14.5. The van der Waals surface area contributed by atoms with Crippen molar-refractivity contribution >= 4 is 45.0 Å². The Morgan fingerprint density at radius 2 is 1.88 bits per heavy atom. The summed E-state index contributed by atoms with van der Waals surface area (Å²) in [4.78, 5) is 35.3. The Labute approximate surface area is 239 Å². The van der Waals surface area contributed by atoms with Crippen molar-refractivity contribution in [2.24, 2.45) is 5.92 Å². The van der Waals surface area contributed by atoms with Crippen LogP contribution >= 0.6 is 9.24 Å². The molecule has 0 spiro atoms. The van der Waals surface area contributed by atoms with E-state index in [0.717, 1.165) is 52.6 Å². The van der Waals surface area contributed by atoms with Crippen LogP contribution in [0.5, 0.6) is 0 Å². The highest BCUT2D eigenvalue weighted by Gasteiger charge is 2.50. The van der Waals surface area contributed by atoms with E-state index in [4.69, 9.17) is 9.64 Å². The summed E-state index contributed by atoms with van der Waals surface area (Å²) >= 11 is 0. The molecule has 5 unspecified atom stereocenters. The molecule has 2 heterocycles. The van der Waals surface area contributed by atoms with Gasteiger partial charge in [0.15, 0.2) is 0 Å². The molecule has 10 heteroatoms. The fraction of sp³-hybridized carbons (Fsp3) is 0.500. The van der Waals surface area contributed by atoms with Crippen molar-refractivity contribution in [3.63, 3.8) is 0 Å². The molecular weight excluding hydrogens is 522 g/mol. The Bertz CT molecular complexity index is 1420. The fourth-order valence-corrected chi connectivity index (χ4v) is 5.75. The third-order valence-electron chi connectivity index (χ3n) is 8.82. The number of imidazole rings is 1. The molecule has 2 aromatic carbocycles. The van der Waals surface area contributed by atoms with Gasteiger partial charge in [0, 0.05) is 16.8 Å². The predicted molar refractivity (Wildman–Crippen MR) is 162 cm³/mol. The molecule has 40 heavy (non-hydrogen) atoms. The van der Waals surface area contributed by atoms with Gasteiger partial charge in [-0.3, -0.25) is 4.79 Å². The highest BCUT2D eigenvalue weighted by Crippen LogP contribution is 2.50. The Balaban J connectivity index is 1.33. The van der Waals surface area contributed by atoms with Gasteiger partial charge >= 0.3 is 13.6 Å². The third-order valence-corrected chi connectivity index (χ3v) is 9.52. The van der Waals surface area contributed by atoms with E-state index in [9.17, 15) is 9.59 Å². The van der Waals surface area contributed by atoms with Crippen LogP contribution in [-0.4, -0.2) is 64.3 Å². The number of fused-ring (bicyclic) bond motifs is 3. The first-order valence-electron chi connectivity index (χ1n) is 13.9. The standard InChI is InChI=1S/C30H39BN4O4P/c1-17(33-28(37)38-6)27(36)35-23-12-10-21(15-23)25(35)26-32-16-24(34-26)20-8-7-19-14-22(11-9-18(19)13-20)31-39-29(2,3)30(4,5)40/h7-9,11,13-14,16-17,21,23,25H,10,12,15,40H2,1-6H3,(H,32,34)(H,33,37). The van der Waals surface area contributed by atoms with Crippen LogP contribution in [-0.2, 0) is 14.2 Å². The van der Waals surface area contributed by atoms with Gasteiger partial charge in [0.2, 0.25) is 5.91 Å². The predicted octanol–water partition coefficient (Wildman–Crippen LogP) is 4.72. The molecule has 3 aromatic rings. The average Bonchev–Trinajstić information content (AvgIpc) is 3.67. The molecule has 1 saturated carbocycles. The van der Waals surface area contributed by atoms with Crippen molar-refractivity contribution in [3.8, 4) is 11.3 Å². The summed E-state index contributed by atoms with van der Waals surface area (Å²) in [5.41, 5.74) is 2.63. The monoisotopic (exact) mass is 561 g/mol. The maximum Gasteiger partial charge on any atom is 0.407 e. The minimum absolute atomic E-state index is 0.0707. The third kappa shape index (κ3) is 5.51. The number of piperidine rings is 1. The molecule has 2 amide bonds. The summed E-state index contributed by atoms with van der Waals surface area (Å²) in [6, 6.07) is 12.0. The van der Waals surface area contributed by atoms with Gasteiger partial charge in [-0.2, -0.15) is 0 Å². The molecule has 1 aliphatic carbocycles. The van der Waals surface area contributed by atoms with Crippen molar-refractivity contribution in [2.45, 2.75) is 82.8 Å². The highest BCUT2D eigenvalue weighted by atomic mass is 31.0. The number of hydrogen-bond donors (Lipinski definition) is 2. The number of aromatic nitrogens is 2. The Hall–Kier alpha value is -2.90. The molecular formula is C30H39BN4O4P. The van der Waals surface area contributed by atoms with Crippen LogP contribution in [0.3, 0.4) is 0 Å². The van der Waals surface area contributed by atoms with Gasteiger partial charge in [-0.25, -0.2) is 9.78 Å². The van der Waals surface area contributed by atoms with Gasteiger partial charge in [0.1, 0.15) is 11.9 Å². The second-order valence-corrected chi connectivity index (χ2v) is 13.7. The maximum absolute atomic E-state index is 13.4. The Morgan fingerprint density at radius 1 is 1.15 bits per heavy atom. The molecule has 2 fully saturated rings. The molecule has 5 atom stereocenters. The molecule has 1 aromatic heterocycles. The summed E-state index contributed by atoms with van der Waals surface area (Å²) < 4.78 is 10.8. The summed E-state index contributed by atoms with van der Waals surface area (Å²) in [5, 5.41) is 4.79. The first kappa shape index (κ1) is 28.6. The molecule has 8 nitrogen and oxygen atoms in total. The van der Waals surface area contributed by atoms with E-state index < -0.39 is 12.1 Å². The summed E-state index contributed by atoms with van der Waals surface area (Å²) in [6.45, 7) is 10.2. The normalized spacial score (nSPS) is 21.5. The fourth-order valence-electron chi connectivity index (χ4n) is 5.68. The van der Waals surface area contributed by atoms with Crippen molar-refractivity contribution in [2.75, 3.05) is 7.11 Å². The lowest BCUT2D eigenvalue weighted by atomic mass is 9.83. The summed E-state index contributed by atoms with van der Waals surface area (Å²) in [5.74, 6) is 1.05. The van der Waals surface area contributed by atoms with Gasteiger partial charge in [0.25, 0.3) is 0 Å². The highest BCUT2D eigenvalue weighted by molar-refractivity contribution is 7.19. The lowest BCUT2D eigenvalue weighted by molar-refractivity contribution is -0.137. The van der Waals surface area contributed by atoms with E-state index in [-0.39, 0.29) is 28.7 Å². The number of benzene rings is 2. The Morgan fingerprint density at radius 3 is 2.60 bits per heavy atom. The van der Waals surface area contributed by atoms with Crippen molar-refractivity contribution in [1.29, 1.82) is 0 Å². The van der Waals surface area contributed by atoms with Gasteiger partial charge in [-0.1, -0.05) is 49.6 Å². The van der Waals surface area contributed by atoms with Crippen LogP contribution in [0.25, 0.3) is 22.0 Å². The number of alkyl carbamates (subject to hydrolysis) is 1. The second kappa shape index (κ2) is 10.8. The van der Waals surface area contributed by atoms with Crippen LogP contribution < -0.4 is 10.8 Å². The smallest absolute Gasteiger partial charge is 0.407 e. The number of carbonyl (C=O) groups excluding carboxylic acids is 2. The number of ether oxygens (including phenoxy) is 1. The van der Waals surface area contributed by atoms with E-state index in [1.165, 1.54) is 7.11 Å². The van der Waals surface area contributed by atoms with Crippen molar-refractivity contribution < 1.29 is 19.0 Å². The number of nitrogens with zero attached hydrogens (tertiary/aromatic N) is 2. The number of methoxy groups -OCH3 is 1. The molecule has 2 bridgehead atoms. The zero-order valence-corrected chi connectivity index (χ0v) is 25.3. The second-order valence-electron chi connectivity index (χ2n) is 12.2. The molecule has 2 aliphatic rings. The van der Waals surface area contributed by atoms with Crippen LogP contribution in [0.1, 0.15) is 65.7 Å². The van der Waals surface area contributed by atoms with Crippen LogP contribution in [0.15, 0.2) is 42.6 Å². The van der Waals surface area contributed by atoms with Crippen molar-refractivity contribution in [3.05, 3.63) is 48.4 Å². The van der Waals surface area contributed by atoms with Gasteiger partial charge < -0.3 is 24.6 Å². The number of nitrogens with one attached hydrogen (secondary N) is 2. The zero-order valence-electron chi connectivity index (χ0n) is 24.2. The quantitative estimate of drug-likeness (QED) is 0.307. The number of likely N-dealkylation sites (tertiary alicyclic amines) is 1. The first-order chi connectivity index (χ1) is 18.9. The van der Waals surface area contributed by atoms with Crippen LogP contribution in [0.2, 0.25) is 0 Å². The minimum atomic E-state index is -0.671. The van der Waals surface area contributed by atoms with E-state index in [1.807, 2.05) is 18.6 Å². The van der Waals surface area contributed by atoms with Gasteiger partial charge in [-0.15, -0.1) is 9.24 Å². The number of carbonyl (C=O) groups is 2. The van der Waals surface area contributed by atoms with Gasteiger partial charge in [-0.05, 0) is 62.8 Å². The summed E-state index contributed by atoms with van der Waals surface area (Å²) in [7, 11) is 5.99. The maximum atomic E-state index is 13.4. The number of aromatic amines is 1. The van der Waals surface area contributed by atoms with E-state index >= 15 is 0 Å². The lowest BCUT2D eigenvalue weighted by Gasteiger charge is -2.39. The molecule has 2 N–H and O–H groups in total. The minimum Gasteiger partial charge on any atom is -0.453 e. The molecule has 1 radical (unpaired) electrons. The molecule has 1 aliphatic heterocycles. The number of rotatable bonds is 8. The number of hydrogen-bond acceptors (Lipinski definition) is 5. The van der Waals surface area contributed by atoms with Crippen LogP contribution in [0.4, 0.5) is 4.79 Å². The van der Waals surface area contributed by atoms with E-state index in [0.29, 0.717) is 5.92 Å². The van der Waals surface area contributed by atoms with Crippen molar-refractivity contribution in [1.82, 2.24) is 20.2 Å². The van der Waals surface area contributed by atoms with E-state index in [1.54, 1.807) is 6.92 Å². The largest absolute Gasteiger partial charge is 0.453 e. The topological polar surface area (TPSA) is 96.6 Å². The molecule has 5 rings (SSSR count). The molecule has 211 valence electrons. The number of amides is 2. The lowest BCUT2D eigenvalue weighted by Crippen LogP contribution is -2.50. The Kier molecular flexibility index (Phi) is 7.75. The zero-order chi connectivity index (χ0) is 28.8. The SMILES string of the molecule is COC(=O)NC(C)C(=O)N1C2CCC(C2)C1c1ncc(-c2ccc3cc([B]OC(C)(C)C(C)(C)P)ccc3c2)[nH]1. The summed E-state index contributed by atoms with van der Waals surface area (Å²) in [6.07, 6.45) is 4.25. The average molecular weight is 561 g/mol. The van der Waals surface area contributed by atoms with E-state index in [2.05, 4.69) is 88.4 Å². The number of H-pyrrole nitrogens is 1. The van der Waals surface area contributed by atoms with Crippen LogP contribution in [0, 0.1) is 5.92 Å². The van der Waals surface area contributed by atoms with Gasteiger partial charge in [0.05, 0.1) is 30.6 Å². The molecule has 1 saturated heterocycles.